The average molecular weight is 446 g/mol. The van der Waals surface area contributed by atoms with Crippen LogP contribution in [-0.4, -0.2) is 28.6 Å². The molecule has 0 unspecified atom stereocenters. The van der Waals surface area contributed by atoms with Gasteiger partial charge in [0.25, 0.3) is 10.0 Å². The van der Waals surface area contributed by atoms with E-state index in [2.05, 4.69) is 4.98 Å². The van der Waals surface area contributed by atoms with E-state index in [1.165, 1.54) is 10.2 Å². The predicted molar refractivity (Wildman–Crippen MR) is 81.5 cm³/mol. The summed E-state index contributed by atoms with van der Waals surface area (Å²) in [6.07, 6.45) is -0.564. The smallest absolute Gasteiger partial charge is 0.565 e. The number of benzene rings is 1. The molecule has 0 bridgehead atoms. The molecule has 1 N–H and O–H groups in total. The standard InChI is InChI=1S/C11H11IN2O2S.CH2O3.Na/c1-8-3-5-10(6-4-8)17(15,16)14-7-11(12)13-9(14)2;2-1(3)4;/h3-7H,1-2H3;(H2,2,3,4);/q;;+1/p-1. The van der Waals surface area contributed by atoms with E-state index in [9.17, 15) is 8.42 Å². The van der Waals surface area contributed by atoms with E-state index in [1.54, 1.807) is 31.2 Å². The van der Waals surface area contributed by atoms with Gasteiger partial charge in [-0.2, -0.15) is 0 Å². The van der Waals surface area contributed by atoms with E-state index in [0.717, 1.165) is 5.56 Å². The van der Waals surface area contributed by atoms with Crippen LogP contribution in [0.15, 0.2) is 35.4 Å². The molecule has 0 saturated heterocycles. The fourth-order valence-electron chi connectivity index (χ4n) is 1.49. The van der Waals surface area contributed by atoms with Crippen LogP contribution in [0.1, 0.15) is 11.4 Å². The van der Waals surface area contributed by atoms with Crippen molar-refractivity contribution in [3.8, 4) is 0 Å². The Morgan fingerprint density at radius 2 is 1.73 bits per heavy atom. The summed E-state index contributed by atoms with van der Waals surface area (Å²) in [4.78, 5) is 12.8. The van der Waals surface area contributed by atoms with Crippen molar-refractivity contribution in [2.75, 3.05) is 0 Å². The molecule has 10 heteroatoms. The van der Waals surface area contributed by atoms with Gasteiger partial charge in [0.15, 0.2) is 0 Å². The third kappa shape index (κ3) is 5.88. The van der Waals surface area contributed by atoms with Crippen molar-refractivity contribution < 1.29 is 53.0 Å². The molecule has 22 heavy (non-hydrogen) atoms. The van der Waals surface area contributed by atoms with Crippen LogP contribution in [0, 0.1) is 17.5 Å². The minimum Gasteiger partial charge on any atom is -0.565 e. The largest absolute Gasteiger partial charge is 1.00 e. The molecule has 0 saturated carbocycles. The van der Waals surface area contributed by atoms with E-state index in [4.69, 9.17) is 15.0 Å². The summed E-state index contributed by atoms with van der Waals surface area (Å²) in [5.41, 5.74) is 1.03. The van der Waals surface area contributed by atoms with Gasteiger partial charge in [0.2, 0.25) is 6.16 Å². The Bertz CT molecular complexity index is 739. The van der Waals surface area contributed by atoms with Crippen LogP contribution in [0.3, 0.4) is 0 Å². The van der Waals surface area contributed by atoms with Gasteiger partial charge < -0.3 is 15.0 Å². The third-order valence-corrected chi connectivity index (χ3v) is 4.66. The summed E-state index contributed by atoms with van der Waals surface area (Å²) in [6.45, 7) is 3.59. The number of aromatic nitrogens is 2. The molecule has 0 fully saturated rings. The summed E-state index contributed by atoms with van der Waals surface area (Å²) in [5.74, 6) is 0.468. The molecular weight excluding hydrogens is 434 g/mol. The molecule has 1 heterocycles. The zero-order valence-electron chi connectivity index (χ0n) is 12.1. The van der Waals surface area contributed by atoms with Crippen LogP contribution < -0.4 is 34.7 Å². The Hall–Kier alpha value is -0.620. The Morgan fingerprint density at radius 3 is 2.09 bits per heavy atom. The molecule has 1 aromatic heterocycles. The van der Waals surface area contributed by atoms with E-state index in [1.807, 2.05) is 29.5 Å². The molecule has 0 aliphatic rings. The van der Waals surface area contributed by atoms with Gasteiger partial charge >= 0.3 is 29.6 Å². The SMILES string of the molecule is Cc1ccc(S(=O)(=O)n2cc(I)nc2C)cc1.O=C([O-])O.[Na+]. The van der Waals surface area contributed by atoms with Crippen molar-refractivity contribution >= 4 is 38.8 Å². The minimum absolute atomic E-state index is 0. The first-order chi connectivity index (χ1) is 9.64. The number of hydrogen-bond acceptors (Lipinski definition) is 5. The van der Waals surface area contributed by atoms with Gasteiger partial charge in [0, 0.05) is 0 Å². The quantitative estimate of drug-likeness (QED) is 0.432. The maximum absolute atomic E-state index is 12.3. The van der Waals surface area contributed by atoms with Gasteiger partial charge in [-0.25, -0.2) is 17.4 Å². The van der Waals surface area contributed by atoms with Crippen LogP contribution in [0.25, 0.3) is 0 Å². The summed E-state index contributed by atoms with van der Waals surface area (Å²) in [5, 5.41) is 15.3. The van der Waals surface area contributed by atoms with Crippen molar-refractivity contribution in [3.05, 3.63) is 45.6 Å². The number of hydrogen-bond donors (Lipinski definition) is 1. The van der Waals surface area contributed by atoms with Crippen LogP contribution in [0.2, 0.25) is 0 Å². The van der Waals surface area contributed by atoms with Crippen molar-refractivity contribution in [2.24, 2.45) is 0 Å². The number of halogens is 1. The predicted octanol–water partition coefficient (Wildman–Crippen LogP) is -1.77. The summed E-state index contributed by atoms with van der Waals surface area (Å²) in [6, 6.07) is 6.78. The molecule has 0 amide bonds. The molecule has 0 aliphatic carbocycles. The fourth-order valence-corrected chi connectivity index (χ4v) is 3.64. The molecule has 7 nitrogen and oxygen atoms in total. The average Bonchev–Trinajstić information content (AvgIpc) is 2.69. The molecule has 0 spiro atoms. The fraction of sp³-hybridized carbons (Fsp3) is 0.167. The maximum atomic E-state index is 12.3. The topological polar surface area (TPSA) is 112 Å². The van der Waals surface area contributed by atoms with Gasteiger partial charge in [-0.05, 0) is 48.6 Å². The zero-order valence-corrected chi connectivity index (χ0v) is 17.1. The summed E-state index contributed by atoms with van der Waals surface area (Å²) < 4.78 is 26.5. The number of rotatable bonds is 2. The zero-order chi connectivity index (χ0) is 16.2. The number of carboxylic acid groups (broad SMARTS) is 2. The number of aryl methyl sites for hydroxylation is 2. The number of nitrogens with zero attached hydrogens (tertiary/aromatic N) is 2. The van der Waals surface area contributed by atoms with E-state index < -0.39 is 16.2 Å². The monoisotopic (exact) mass is 446 g/mol. The molecule has 0 aliphatic heterocycles. The first-order valence-corrected chi connectivity index (χ1v) is 8.10. The van der Waals surface area contributed by atoms with Gasteiger partial charge in [0.1, 0.15) is 9.53 Å². The second-order valence-electron chi connectivity index (χ2n) is 3.99. The number of carbonyl (C=O) groups is 1. The van der Waals surface area contributed by atoms with Crippen molar-refractivity contribution in [1.29, 1.82) is 0 Å². The van der Waals surface area contributed by atoms with Gasteiger partial charge in [-0.1, -0.05) is 17.7 Å². The van der Waals surface area contributed by atoms with Crippen LogP contribution >= 0.6 is 22.6 Å². The molecule has 2 rings (SSSR count). The van der Waals surface area contributed by atoms with Gasteiger partial charge in [-0.3, -0.25) is 0 Å². The Kier molecular flexibility index (Phi) is 8.62. The van der Waals surface area contributed by atoms with Crippen molar-refractivity contribution in [3.63, 3.8) is 0 Å². The summed E-state index contributed by atoms with van der Waals surface area (Å²) in [7, 11) is -3.52. The molecule has 1 aromatic carbocycles. The first-order valence-electron chi connectivity index (χ1n) is 5.58. The molecule has 114 valence electrons. The van der Waals surface area contributed by atoms with Gasteiger partial charge in [0.05, 0.1) is 11.1 Å². The van der Waals surface area contributed by atoms with Crippen LogP contribution in [-0.2, 0) is 10.0 Å². The Morgan fingerprint density at radius 1 is 1.27 bits per heavy atom. The van der Waals surface area contributed by atoms with E-state index >= 15 is 0 Å². The third-order valence-electron chi connectivity index (χ3n) is 2.39. The molecule has 2 aromatic rings. The molecular formula is C12H12IN2NaO5S. The Labute approximate surface area is 163 Å². The molecule has 0 atom stereocenters. The second kappa shape index (κ2) is 8.87. The normalized spacial score (nSPS) is 10.1. The van der Waals surface area contributed by atoms with Crippen LogP contribution in [0.4, 0.5) is 4.79 Å². The van der Waals surface area contributed by atoms with E-state index in [-0.39, 0.29) is 34.5 Å². The number of imidazole rings is 1. The van der Waals surface area contributed by atoms with Crippen molar-refractivity contribution in [1.82, 2.24) is 8.96 Å². The minimum atomic E-state index is -3.52. The van der Waals surface area contributed by atoms with Crippen LogP contribution in [0.5, 0.6) is 0 Å². The Balaban J connectivity index is 0.000000791. The first kappa shape index (κ1) is 21.4. The van der Waals surface area contributed by atoms with Crippen molar-refractivity contribution in [2.45, 2.75) is 18.7 Å². The van der Waals surface area contributed by atoms with Gasteiger partial charge in [-0.15, -0.1) is 0 Å². The second-order valence-corrected chi connectivity index (χ2v) is 6.91. The summed E-state index contributed by atoms with van der Waals surface area (Å²) >= 11 is 1.99. The van der Waals surface area contributed by atoms with E-state index in [0.29, 0.717) is 9.53 Å². The maximum Gasteiger partial charge on any atom is 1.00 e. The molecule has 0 radical (unpaired) electrons.